The zero-order valence-corrected chi connectivity index (χ0v) is 15.4. The van der Waals surface area contributed by atoms with E-state index in [1.807, 2.05) is 54.6 Å². The zero-order chi connectivity index (χ0) is 18.8. The van der Waals surface area contributed by atoms with Crippen LogP contribution in [-0.2, 0) is 16.0 Å². The maximum atomic E-state index is 11.6. The Morgan fingerprint density at radius 2 is 1.81 bits per heavy atom. The van der Waals surface area contributed by atoms with Gasteiger partial charge in [0.1, 0.15) is 5.75 Å². The van der Waals surface area contributed by atoms with Gasteiger partial charge in [-0.2, -0.15) is 0 Å². The van der Waals surface area contributed by atoms with Crippen LogP contribution in [0.1, 0.15) is 31.1 Å². The molecule has 0 spiro atoms. The van der Waals surface area contributed by atoms with Crippen molar-refractivity contribution in [3.8, 4) is 5.75 Å². The molecule has 2 aromatic rings. The third-order valence-corrected chi connectivity index (χ3v) is 3.97. The highest BCUT2D eigenvalue weighted by Crippen LogP contribution is 2.15. The predicted molar refractivity (Wildman–Crippen MR) is 101 cm³/mol. The van der Waals surface area contributed by atoms with E-state index in [1.165, 1.54) is 0 Å². The van der Waals surface area contributed by atoms with Gasteiger partial charge in [-0.3, -0.25) is 0 Å². The molecule has 0 unspecified atom stereocenters. The van der Waals surface area contributed by atoms with Crippen molar-refractivity contribution in [1.29, 1.82) is 0 Å². The molecule has 0 radical (unpaired) electrons. The second kappa shape index (κ2) is 10.6. The summed E-state index contributed by atoms with van der Waals surface area (Å²) in [6, 6.07) is 17.3. The molecule has 0 saturated carbocycles. The molecule has 0 aromatic heterocycles. The topological polar surface area (TPSA) is 67.8 Å². The first-order valence-electron chi connectivity index (χ1n) is 8.96. The van der Waals surface area contributed by atoms with E-state index >= 15 is 0 Å². The Bertz CT molecular complexity index is 657. The Labute approximate surface area is 155 Å². The third kappa shape index (κ3) is 6.50. The number of ether oxygens (including phenoxy) is 2. The molecule has 140 valence electrons. The van der Waals surface area contributed by atoms with Gasteiger partial charge in [0.15, 0.2) is 6.10 Å². The summed E-state index contributed by atoms with van der Waals surface area (Å²) in [5.41, 5.74) is 2.07. The molecule has 5 heteroatoms. The van der Waals surface area contributed by atoms with E-state index in [9.17, 15) is 9.90 Å². The van der Waals surface area contributed by atoms with Crippen LogP contribution in [-0.4, -0.2) is 36.9 Å². The second-order valence-electron chi connectivity index (χ2n) is 6.04. The average molecular weight is 357 g/mol. The highest BCUT2D eigenvalue weighted by atomic mass is 16.6. The number of benzene rings is 2. The first-order valence-corrected chi connectivity index (χ1v) is 8.96. The summed E-state index contributed by atoms with van der Waals surface area (Å²) >= 11 is 0. The molecule has 0 bridgehead atoms. The van der Waals surface area contributed by atoms with E-state index in [0.29, 0.717) is 18.9 Å². The molecule has 5 nitrogen and oxygen atoms in total. The minimum Gasteiger partial charge on any atom is -0.479 e. The van der Waals surface area contributed by atoms with Crippen LogP contribution in [0.4, 0.5) is 0 Å². The second-order valence-corrected chi connectivity index (χ2v) is 6.04. The van der Waals surface area contributed by atoms with Gasteiger partial charge in [0.2, 0.25) is 0 Å². The molecule has 0 aliphatic rings. The number of hydrogen-bond acceptors (Lipinski definition) is 5. The molecule has 0 heterocycles. The number of aliphatic hydroxyl groups is 1. The molecule has 2 aromatic carbocycles. The third-order valence-electron chi connectivity index (χ3n) is 3.97. The van der Waals surface area contributed by atoms with E-state index < -0.39 is 12.2 Å². The number of hydrogen-bond donors (Lipinski definition) is 2. The maximum absolute atomic E-state index is 11.6. The predicted octanol–water partition coefficient (Wildman–Crippen LogP) is 2.88. The SMILES string of the molecule is CCOC(=O)[C@@H](C)Oc1ccc(CCNC[C@H](O)c2ccccc2)cc1. The Hall–Kier alpha value is -2.37. The molecule has 0 amide bonds. The Morgan fingerprint density at radius 1 is 1.12 bits per heavy atom. The van der Waals surface area contributed by atoms with E-state index in [-0.39, 0.29) is 5.97 Å². The van der Waals surface area contributed by atoms with Crippen LogP contribution < -0.4 is 10.1 Å². The van der Waals surface area contributed by atoms with Crippen molar-refractivity contribution in [2.24, 2.45) is 0 Å². The van der Waals surface area contributed by atoms with E-state index in [4.69, 9.17) is 9.47 Å². The molecule has 0 aliphatic carbocycles. The normalized spacial score (nSPS) is 13.0. The van der Waals surface area contributed by atoms with Crippen LogP contribution in [0.3, 0.4) is 0 Å². The first-order chi connectivity index (χ1) is 12.6. The van der Waals surface area contributed by atoms with Gasteiger partial charge < -0.3 is 19.9 Å². The molecule has 2 atom stereocenters. The van der Waals surface area contributed by atoms with E-state index in [2.05, 4.69) is 5.32 Å². The first kappa shape index (κ1) is 19.9. The van der Waals surface area contributed by atoms with Gasteiger partial charge in [-0.25, -0.2) is 4.79 Å². The van der Waals surface area contributed by atoms with Crippen molar-refractivity contribution in [2.45, 2.75) is 32.5 Å². The average Bonchev–Trinajstić information content (AvgIpc) is 2.67. The van der Waals surface area contributed by atoms with Gasteiger partial charge in [-0.1, -0.05) is 42.5 Å². The highest BCUT2D eigenvalue weighted by molar-refractivity contribution is 5.74. The lowest BCUT2D eigenvalue weighted by Crippen LogP contribution is -2.26. The summed E-state index contributed by atoms with van der Waals surface area (Å²) in [6.45, 7) is 5.07. The number of aliphatic hydroxyl groups excluding tert-OH is 1. The number of nitrogens with one attached hydrogen (secondary N) is 1. The van der Waals surface area contributed by atoms with Crippen LogP contribution >= 0.6 is 0 Å². The summed E-state index contributed by atoms with van der Waals surface area (Å²) < 4.78 is 10.5. The number of carbonyl (C=O) groups is 1. The molecule has 2 N–H and O–H groups in total. The lowest BCUT2D eigenvalue weighted by molar-refractivity contribution is -0.150. The Kier molecular flexibility index (Phi) is 8.12. The molecular weight excluding hydrogens is 330 g/mol. The van der Waals surface area contributed by atoms with Gasteiger partial charge in [0, 0.05) is 6.54 Å². The van der Waals surface area contributed by atoms with Gasteiger partial charge in [-0.05, 0) is 50.1 Å². The van der Waals surface area contributed by atoms with Crippen LogP contribution in [0.2, 0.25) is 0 Å². The molecule has 0 saturated heterocycles. The maximum Gasteiger partial charge on any atom is 0.347 e. The van der Waals surface area contributed by atoms with E-state index in [1.54, 1.807) is 13.8 Å². The lowest BCUT2D eigenvalue weighted by atomic mass is 10.1. The van der Waals surface area contributed by atoms with Crippen molar-refractivity contribution in [2.75, 3.05) is 19.7 Å². The van der Waals surface area contributed by atoms with Crippen LogP contribution in [0.5, 0.6) is 5.75 Å². The minimum absolute atomic E-state index is 0.345. The minimum atomic E-state index is -0.623. The summed E-state index contributed by atoms with van der Waals surface area (Å²) in [7, 11) is 0. The fourth-order valence-electron chi connectivity index (χ4n) is 2.51. The summed E-state index contributed by atoms with van der Waals surface area (Å²) in [6.07, 6.45) is -0.284. The summed E-state index contributed by atoms with van der Waals surface area (Å²) in [5.74, 6) is 0.277. The lowest BCUT2D eigenvalue weighted by Gasteiger charge is -2.14. The monoisotopic (exact) mass is 357 g/mol. The van der Waals surface area contributed by atoms with Crippen molar-refractivity contribution >= 4 is 5.97 Å². The summed E-state index contributed by atoms with van der Waals surface area (Å²) in [4.78, 5) is 11.6. The van der Waals surface area contributed by atoms with Crippen LogP contribution in [0.15, 0.2) is 54.6 Å². The van der Waals surface area contributed by atoms with Gasteiger partial charge in [-0.15, -0.1) is 0 Å². The number of carbonyl (C=O) groups excluding carboxylic acids is 1. The van der Waals surface area contributed by atoms with Crippen molar-refractivity contribution < 1.29 is 19.4 Å². The van der Waals surface area contributed by atoms with Crippen molar-refractivity contribution in [3.05, 3.63) is 65.7 Å². The molecule has 0 fully saturated rings. The zero-order valence-electron chi connectivity index (χ0n) is 15.4. The fraction of sp³-hybridized carbons (Fsp3) is 0.381. The summed E-state index contributed by atoms with van der Waals surface area (Å²) in [5, 5.41) is 13.4. The quantitative estimate of drug-likeness (QED) is 0.505. The smallest absolute Gasteiger partial charge is 0.347 e. The number of rotatable bonds is 10. The fourth-order valence-corrected chi connectivity index (χ4v) is 2.51. The standard InChI is InChI=1S/C21H27NO4/c1-3-25-21(24)16(2)26-19-11-9-17(10-12-19)13-14-22-15-20(23)18-7-5-4-6-8-18/h4-12,16,20,22-23H,3,13-15H2,1-2H3/t16-,20+/m1/s1. The molecular formula is C21H27NO4. The van der Waals surface area contributed by atoms with Gasteiger partial charge in [0.25, 0.3) is 0 Å². The largest absolute Gasteiger partial charge is 0.479 e. The molecule has 26 heavy (non-hydrogen) atoms. The van der Waals surface area contributed by atoms with Crippen LogP contribution in [0.25, 0.3) is 0 Å². The van der Waals surface area contributed by atoms with Gasteiger partial charge >= 0.3 is 5.97 Å². The Morgan fingerprint density at radius 3 is 2.46 bits per heavy atom. The Balaban J connectivity index is 1.71. The molecule has 2 rings (SSSR count). The van der Waals surface area contributed by atoms with Crippen molar-refractivity contribution in [1.82, 2.24) is 5.32 Å². The van der Waals surface area contributed by atoms with E-state index in [0.717, 1.165) is 24.1 Å². The highest BCUT2D eigenvalue weighted by Gasteiger charge is 2.15. The van der Waals surface area contributed by atoms with Crippen LogP contribution in [0, 0.1) is 0 Å². The number of esters is 1. The van der Waals surface area contributed by atoms with Crippen molar-refractivity contribution in [3.63, 3.8) is 0 Å². The van der Waals surface area contributed by atoms with Gasteiger partial charge in [0.05, 0.1) is 12.7 Å². The molecule has 0 aliphatic heterocycles.